The largest absolute Gasteiger partial charge is 0.613 e. The summed E-state index contributed by atoms with van der Waals surface area (Å²) < 4.78 is 29.6. The number of hydrogen-bond acceptors (Lipinski definition) is 9. The molecule has 12 heteroatoms. The molecule has 0 saturated carbocycles. The standard InChI is InChI=1S/C20H33N5O6P/c1-13(19(27)30-9-8-20(2,3)4)24-32(28)31-11-17(29-5)16(26)10-14-6-7-15-18(21)22-12-23-25(14)15/h6-7,12-13,16-17,26H,8-11H2,1-5H3,(H,24,28)(H2,21,22,23)/q+1/t13-,16-,17+/m0/s1. The van der Waals surface area contributed by atoms with Crippen LogP contribution >= 0.6 is 8.18 Å². The number of nitrogen functional groups attached to an aromatic ring is 1. The molecular formula is C20H33N5O6P+. The van der Waals surface area contributed by atoms with E-state index in [4.69, 9.17) is 19.7 Å². The van der Waals surface area contributed by atoms with Crippen LogP contribution in [0.2, 0.25) is 0 Å². The molecule has 2 aromatic heterocycles. The highest BCUT2D eigenvalue weighted by atomic mass is 31.1. The van der Waals surface area contributed by atoms with Crippen molar-refractivity contribution in [2.24, 2.45) is 5.41 Å². The fourth-order valence-electron chi connectivity index (χ4n) is 2.82. The van der Waals surface area contributed by atoms with Crippen LogP contribution in [0.4, 0.5) is 5.82 Å². The van der Waals surface area contributed by atoms with Gasteiger partial charge in [0.2, 0.25) is 0 Å². The zero-order chi connectivity index (χ0) is 23.9. The van der Waals surface area contributed by atoms with Crippen LogP contribution < -0.4 is 10.8 Å². The maximum atomic E-state index is 12.2. The summed E-state index contributed by atoms with van der Waals surface area (Å²) in [6, 6.07) is 2.74. The predicted octanol–water partition coefficient (Wildman–Crippen LogP) is 1.86. The van der Waals surface area contributed by atoms with E-state index in [1.165, 1.54) is 13.4 Å². The first-order chi connectivity index (χ1) is 15.0. The van der Waals surface area contributed by atoms with Gasteiger partial charge >= 0.3 is 14.1 Å². The Kier molecular flexibility index (Phi) is 9.47. The molecule has 0 aliphatic carbocycles. The molecule has 178 valence electrons. The summed E-state index contributed by atoms with van der Waals surface area (Å²) in [5.41, 5.74) is 7.21. The predicted molar refractivity (Wildman–Crippen MR) is 119 cm³/mol. The number of fused-ring (bicyclic) bond motifs is 1. The lowest BCUT2D eigenvalue weighted by Crippen LogP contribution is -2.35. The van der Waals surface area contributed by atoms with E-state index in [1.807, 2.05) is 0 Å². The third-order valence-corrected chi connectivity index (χ3v) is 5.80. The van der Waals surface area contributed by atoms with Gasteiger partial charge in [-0.3, -0.25) is 4.79 Å². The fraction of sp³-hybridized carbons (Fsp3) is 0.650. The number of aromatic nitrogens is 3. The van der Waals surface area contributed by atoms with Gasteiger partial charge in [0, 0.05) is 19.2 Å². The van der Waals surface area contributed by atoms with Crippen LogP contribution in [0.5, 0.6) is 0 Å². The molecule has 0 fully saturated rings. The second-order valence-corrected chi connectivity index (χ2v) is 9.73. The number of carbonyl (C=O) groups is 1. The second kappa shape index (κ2) is 11.6. The third kappa shape index (κ3) is 7.75. The minimum Gasteiger partial charge on any atom is -0.464 e. The van der Waals surface area contributed by atoms with E-state index in [1.54, 1.807) is 23.6 Å². The molecule has 0 bridgehead atoms. The number of nitrogens with two attached hydrogens (primary N) is 1. The monoisotopic (exact) mass is 470 g/mol. The van der Waals surface area contributed by atoms with Crippen LogP contribution in [-0.4, -0.2) is 64.2 Å². The van der Waals surface area contributed by atoms with Crippen molar-refractivity contribution in [2.75, 3.05) is 26.1 Å². The van der Waals surface area contributed by atoms with Crippen molar-refractivity contribution in [3.63, 3.8) is 0 Å². The first-order valence-electron chi connectivity index (χ1n) is 10.3. The van der Waals surface area contributed by atoms with E-state index < -0.39 is 32.4 Å². The van der Waals surface area contributed by atoms with Gasteiger partial charge in [-0.05, 0) is 35.5 Å². The van der Waals surface area contributed by atoms with Crippen molar-refractivity contribution >= 4 is 25.5 Å². The van der Waals surface area contributed by atoms with Gasteiger partial charge in [-0.15, -0.1) is 4.52 Å². The highest BCUT2D eigenvalue weighted by Crippen LogP contribution is 2.22. The maximum Gasteiger partial charge on any atom is 0.613 e. The summed E-state index contributed by atoms with van der Waals surface area (Å²) in [5.74, 6) is -0.174. The van der Waals surface area contributed by atoms with E-state index in [0.29, 0.717) is 17.0 Å². The summed E-state index contributed by atoms with van der Waals surface area (Å²) in [7, 11) is -0.950. The lowest BCUT2D eigenvalue weighted by Gasteiger charge is -2.19. The van der Waals surface area contributed by atoms with Crippen LogP contribution in [-0.2, 0) is 29.8 Å². The normalized spacial score (nSPS) is 15.4. The molecule has 2 aromatic rings. The molecular weight excluding hydrogens is 437 g/mol. The van der Waals surface area contributed by atoms with Crippen molar-refractivity contribution in [3.05, 3.63) is 24.2 Å². The molecule has 0 aromatic carbocycles. The fourth-order valence-corrected chi connectivity index (χ4v) is 3.59. The first-order valence-corrected chi connectivity index (χ1v) is 11.5. The number of aliphatic hydroxyl groups excluding tert-OH is 1. The van der Waals surface area contributed by atoms with Gasteiger partial charge < -0.3 is 20.3 Å². The van der Waals surface area contributed by atoms with Crippen LogP contribution in [0.1, 0.15) is 39.8 Å². The topological polar surface area (TPSA) is 150 Å². The molecule has 4 N–H and O–H groups in total. The van der Waals surface area contributed by atoms with Crippen molar-refractivity contribution < 1.29 is 28.5 Å². The highest BCUT2D eigenvalue weighted by Gasteiger charge is 2.31. The summed E-state index contributed by atoms with van der Waals surface area (Å²) in [5, 5.41) is 17.3. The van der Waals surface area contributed by atoms with Crippen LogP contribution in [0.15, 0.2) is 18.5 Å². The number of nitrogens with zero attached hydrogens (tertiary/aromatic N) is 3. The molecule has 1 unspecified atom stereocenters. The highest BCUT2D eigenvalue weighted by molar-refractivity contribution is 7.36. The third-order valence-electron chi connectivity index (χ3n) is 4.82. The Labute approximate surface area is 188 Å². The van der Waals surface area contributed by atoms with E-state index in [0.717, 1.165) is 6.42 Å². The van der Waals surface area contributed by atoms with Gasteiger partial charge in [0.1, 0.15) is 30.6 Å². The van der Waals surface area contributed by atoms with Crippen molar-refractivity contribution in [1.29, 1.82) is 0 Å². The van der Waals surface area contributed by atoms with Crippen molar-refractivity contribution in [3.8, 4) is 0 Å². The van der Waals surface area contributed by atoms with E-state index in [9.17, 15) is 14.5 Å². The van der Waals surface area contributed by atoms with E-state index >= 15 is 0 Å². The molecule has 2 heterocycles. The lowest BCUT2D eigenvalue weighted by atomic mass is 9.93. The molecule has 32 heavy (non-hydrogen) atoms. The molecule has 0 aliphatic heterocycles. The average molecular weight is 470 g/mol. The summed E-state index contributed by atoms with van der Waals surface area (Å²) in [6.07, 6.45) is 0.539. The van der Waals surface area contributed by atoms with Gasteiger partial charge in [0.15, 0.2) is 5.82 Å². The zero-order valence-electron chi connectivity index (χ0n) is 19.1. The number of anilines is 1. The van der Waals surface area contributed by atoms with Gasteiger partial charge in [-0.1, -0.05) is 25.9 Å². The van der Waals surface area contributed by atoms with Gasteiger partial charge in [0.25, 0.3) is 0 Å². The molecule has 2 rings (SSSR count). The molecule has 0 radical (unpaired) electrons. The number of nitrogens with one attached hydrogen (secondary N) is 1. The zero-order valence-corrected chi connectivity index (χ0v) is 20.0. The number of aliphatic hydroxyl groups is 1. The molecule has 0 saturated heterocycles. The Morgan fingerprint density at radius 2 is 2.09 bits per heavy atom. The van der Waals surface area contributed by atoms with Crippen molar-refractivity contribution in [2.45, 2.75) is 58.8 Å². The number of hydrogen-bond donors (Lipinski definition) is 3. The number of ether oxygens (including phenoxy) is 2. The SMILES string of the molecule is CO[C@H](CO[P+](=O)N[C@@H](C)C(=O)OCCC(C)(C)C)[C@@H](O)Cc1ccc2c(N)ncnn12. The average Bonchev–Trinajstić information content (AvgIpc) is 3.11. The van der Waals surface area contributed by atoms with Crippen LogP contribution in [0.3, 0.4) is 0 Å². The van der Waals surface area contributed by atoms with Gasteiger partial charge in [-0.2, -0.15) is 5.10 Å². The molecule has 11 nitrogen and oxygen atoms in total. The smallest absolute Gasteiger partial charge is 0.464 e. The number of methoxy groups -OCH3 is 1. The number of rotatable bonds is 12. The minimum absolute atomic E-state index is 0.0495. The minimum atomic E-state index is -2.37. The van der Waals surface area contributed by atoms with Crippen molar-refractivity contribution in [1.82, 2.24) is 19.7 Å². The quantitative estimate of drug-likeness (QED) is 0.310. The van der Waals surface area contributed by atoms with E-state index in [2.05, 4.69) is 35.9 Å². The molecule has 4 atom stereocenters. The Morgan fingerprint density at radius 3 is 2.75 bits per heavy atom. The Bertz CT molecular complexity index is 916. The second-order valence-electron chi connectivity index (χ2n) is 8.69. The molecule has 0 aliphatic rings. The van der Waals surface area contributed by atoms with Gasteiger partial charge in [-0.25, -0.2) is 9.50 Å². The summed E-state index contributed by atoms with van der Waals surface area (Å²) in [4.78, 5) is 15.9. The Morgan fingerprint density at radius 1 is 1.38 bits per heavy atom. The van der Waals surface area contributed by atoms with Gasteiger partial charge in [0.05, 0.1) is 12.7 Å². The molecule has 0 spiro atoms. The van der Waals surface area contributed by atoms with Crippen LogP contribution in [0.25, 0.3) is 5.52 Å². The van der Waals surface area contributed by atoms with E-state index in [-0.39, 0.29) is 25.0 Å². The summed E-state index contributed by atoms with van der Waals surface area (Å²) >= 11 is 0. The van der Waals surface area contributed by atoms with Crippen LogP contribution in [0, 0.1) is 5.41 Å². The summed E-state index contributed by atoms with van der Waals surface area (Å²) in [6.45, 7) is 7.84. The maximum absolute atomic E-state index is 12.2. The molecule has 0 amide bonds. The first kappa shape index (κ1) is 26.1. The Balaban J connectivity index is 1.82. The Hall–Kier alpha value is -2.17. The lowest BCUT2D eigenvalue weighted by molar-refractivity contribution is -0.145. The number of carbonyl (C=O) groups excluding carboxylic acids is 1. The number of esters is 1.